The van der Waals surface area contributed by atoms with Gasteiger partial charge in [0.2, 0.25) is 0 Å². The van der Waals surface area contributed by atoms with Gasteiger partial charge in [-0.3, -0.25) is 9.69 Å². The van der Waals surface area contributed by atoms with Gasteiger partial charge in [0.05, 0.1) is 19.3 Å². The molecule has 9 nitrogen and oxygen atoms in total. The molecule has 0 N–H and O–H groups in total. The maximum Gasteiger partial charge on any atom is 0.413 e. The molecule has 3 aromatic rings. The van der Waals surface area contributed by atoms with E-state index in [1.165, 1.54) is 4.90 Å². The lowest BCUT2D eigenvalue weighted by atomic mass is 9.82. The molecule has 3 heterocycles. The first-order valence-electron chi connectivity index (χ1n) is 14.6. The summed E-state index contributed by atoms with van der Waals surface area (Å²) in [5.74, 6) is -4.64. The highest BCUT2D eigenvalue weighted by Crippen LogP contribution is 2.43. The van der Waals surface area contributed by atoms with Gasteiger partial charge in [-0.1, -0.05) is 23.4 Å². The number of halogens is 3. The quantitative estimate of drug-likeness (QED) is 0.319. The number of carbonyl (C=O) groups excluding carboxylic acids is 2. The molecule has 12 heteroatoms. The summed E-state index contributed by atoms with van der Waals surface area (Å²) in [6.45, 7) is 13.5. The lowest BCUT2D eigenvalue weighted by Gasteiger charge is -2.36. The second kappa shape index (κ2) is 11.2. The van der Waals surface area contributed by atoms with Crippen LogP contribution in [0.1, 0.15) is 94.0 Å². The molecule has 2 aromatic carbocycles. The van der Waals surface area contributed by atoms with Gasteiger partial charge in [-0.15, -0.1) is 5.10 Å². The Kier molecular flexibility index (Phi) is 8.02. The van der Waals surface area contributed by atoms with Crippen LogP contribution < -0.4 is 0 Å². The Morgan fingerprint density at radius 2 is 1.73 bits per heavy atom. The summed E-state index contributed by atoms with van der Waals surface area (Å²) >= 11 is 0. The van der Waals surface area contributed by atoms with Crippen LogP contribution >= 0.6 is 0 Å². The number of likely N-dealkylation sites (tertiary alicyclic amines) is 1. The van der Waals surface area contributed by atoms with E-state index in [1.807, 2.05) is 26.0 Å². The number of rotatable bonds is 5. The molecule has 2 saturated heterocycles. The predicted octanol–water partition coefficient (Wildman–Crippen LogP) is 6.20. The van der Waals surface area contributed by atoms with Crippen LogP contribution in [0.25, 0.3) is 0 Å². The Labute approximate surface area is 254 Å². The summed E-state index contributed by atoms with van der Waals surface area (Å²) < 4.78 is 54.9. The van der Waals surface area contributed by atoms with E-state index in [0.717, 1.165) is 12.1 Å². The molecule has 5 rings (SSSR count). The minimum absolute atomic E-state index is 0.215. The average molecular weight is 614 g/mol. The van der Waals surface area contributed by atoms with E-state index in [0.29, 0.717) is 35.3 Å². The molecule has 0 bridgehead atoms. The standard InChI is InChI=1S/C32H38F3N5O4/c1-30(2,3)44-29(42)40-26(18-43-32(40,6)7)25-17-38(37-36-25)16-19-10-8-9-11-21(19)28(41)39-13-12-22(31(39,4)5)20-14-23(33)27(35)24(34)15-20/h8-11,14-15,17,22,26H,12-13,16,18H2,1-7H3. The molecule has 0 saturated carbocycles. The molecule has 0 aliphatic carbocycles. The lowest BCUT2D eigenvalue weighted by Crippen LogP contribution is -2.47. The first-order chi connectivity index (χ1) is 20.5. The summed E-state index contributed by atoms with van der Waals surface area (Å²) in [7, 11) is 0. The van der Waals surface area contributed by atoms with E-state index in [-0.39, 0.29) is 19.1 Å². The van der Waals surface area contributed by atoms with Crippen LogP contribution in [0, 0.1) is 17.5 Å². The Morgan fingerprint density at radius 1 is 1.07 bits per heavy atom. The summed E-state index contributed by atoms with van der Waals surface area (Å²) in [5, 5.41) is 8.61. The van der Waals surface area contributed by atoms with E-state index < -0.39 is 52.4 Å². The average Bonchev–Trinajstić information content (AvgIpc) is 3.60. The summed E-state index contributed by atoms with van der Waals surface area (Å²) in [4.78, 5) is 30.3. The minimum atomic E-state index is -1.51. The van der Waals surface area contributed by atoms with Gasteiger partial charge in [0.15, 0.2) is 17.5 Å². The highest BCUT2D eigenvalue weighted by atomic mass is 19.2. The van der Waals surface area contributed by atoms with Gasteiger partial charge in [-0.25, -0.2) is 22.6 Å². The third-order valence-electron chi connectivity index (χ3n) is 8.40. The highest BCUT2D eigenvalue weighted by molar-refractivity contribution is 5.96. The summed E-state index contributed by atoms with van der Waals surface area (Å²) in [6, 6.07) is 8.65. The molecular formula is C32H38F3N5O4. The third kappa shape index (κ3) is 5.91. The molecule has 2 aliphatic rings. The Bertz CT molecular complexity index is 1560. The number of aromatic nitrogens is 3. The van der Waals surface area contributed by atoms with Crippen molar-refractivity contribution < 1.29 is 32.2 Å². The number of amides is 2. The zero-order valence-electron chi connectivity index (χ0n) is 26.0. The number of hydrogen-bond acceptors (Lipinski definition) is 6. The van der Waals surface area contributed by atoms with Crippen LogP contribution in [0.15, 0.2) is 42.6 Å². The van der Waals surface area contributed by atoms with Crippen molar-refractivity contribution in [3.05, 3.63) is 82.4 Å². The fourth-order valence-corrected chi connectivity index (χ4v) is 6.21. The number of hydrogen-bond donors (Lipinski definition) is 0. The smallest absolute Gasteiger partial charge is 0.413 e. The Balaban J connectivity index is 1.36. The molecular weight excluding hydrogens is 575 g/mol. The van der Waals surface area contributed by atoms with Crippen LogP contribution in [0.5, 0.6) is 0 Å². The number of carbonyl (C=O) groups is 2. The number of nitrogens with zero attached hydrogens (tertiary/aromatic N) is 5. The van der Waals surface area contributed by atoms with E-state index in [4.69, 9.17) is 9.47 Å². The number of benzene rings is 2. The first-order valence-corrected chi connectivity index (χ1v) is 14.6. The van der Waals surface area contributed by atoms with Crippen LogP contribution in [0.3, 0.4) is 0 Å². The van der Waals surface area contributed by atoms with Crippen LogP contribution in [-0.4, -0.2) is 66.8 Å². The molecule has 2 amide bonds. The molecule has 236 valence electrons. The fraction of sp³-hybridized carbons (Fsp3) is 0.500. The van der Waals surface area contributed by atoms with Gasteiger partial charge in [-0.05, 0) is 84.2 Å². The van der Waals surface area contributed by atoms with Crippen molar-refractivity contribution in [2.45, 2.75) is 90.3 Å². The predicted molar refractivity (Wildman–Crippen MR) is 155 cm³/mol. The van der Waals surface area contributed by atoms with Crippen LogP contribution in [0.4, 0.5) is 18.0 Å². The van der Waals surface area contributed by atoms with Gasteiger partial charge in [0, 0.05) is 23.6 Å². The Morgan fingerprint density at radius 3 is 2.39 bits per heavy atom. The monoisotopic (exact) mass is 613 g/mol. The molecule has 1 aromatic heterocycles. The van der Waals surface area contributed by atoms with Crippen molar-refractivity contribution in [1.82, 2.24) is 24.8 Å². The normalized spacial score (nSPS) is 21.1. The number of ether oxygens (including phenoxy) is 2. The van der Waals surface area contributed by atoms with Crippen LogP contribution in [-0.2, 0) is 16.0 Å². The molecule has 2 unspecified atom stereocenters. The lowest BCUT2D eigenvalue weighted by molar-refractivity contribution is -0.0627. The van der Waals surface area contributed by atoms with Gasteiger partial charge >= 0.3 is 6.09 Å². The van der Waals surface area contributed by atoms with Crippen molar-refractivity contribution in [3.8, 4) is 0 Å². The summed E-state index contributed by atoms with van der Waals surface area (Å²) in [6.07, 6.45) is 1.67. The maximum absolute atomic E-state index is 14.0. The van der Waals surface area contributed by atoms with Crippen molar-refractivity contribution in [2.24, 2.45) is 0 Å². The minimum Gasteiger partial charge on any atom is -0.444 e. The van der Waals surface area contributed by atoms with E-state index in [2.05, 4.69) is 10.3 Å². The van der Waals surface area contributed by atoms with Crippen molar-refractivity contribution in [1.29, 1.82) is 0 Å². The molecule has 2 aliphatic heterocycles. The zero-order chi connectivity index (χ0) is 32.2. The SMILES string of the molecule is CC(C)(C)OC(=O)N1C(c2cn(Cc3ccccc3C(=O)N3CCC(c4cc(F)c(F)c(F)c4)C3(C)C)nn2)COC1(C)C. The van der Waals surface area contributed by atoms with Crippen molar-refractivity contribution in [2.75, 3.05) is 13.2 Å². The van der Waals surface area contributed by atoms with Crippen molar-refractivity contribution >= 4 is 12.0 Å². The van der Waals surface area contributed by atoms with Gasteiger partial charge in [0.1, 0.15) is 23.1 Å². The van der Waals surface area contributed by atoms with Gasteiger partial charge in [0.25, 0.3) is 5.91 Å². The molecule has 2 fully saturated rings. The van der Waals surface area contributed by atoms with E-state index in [9.17, 15) is 22.8 Å². The zero-order valence-corrected chi connectivity index (χ0v) is 26.0. The molecule has 0 spiro atoms. The van der Waals surface area contributed by atoms with Crippen molar-refractivity contribution in [3.63, 3.8) is 0 Å². The Hall–Kier alpha value is -3.93. The summed E-state index contributed by atoms with van der Waals surface area (Å²) in [5.41, 5.74) is -0.431. The fourth-order valence-electron chi connectivity index (χ4n) is 6.21. The van der Waals surface area contributed by atoms with E-state index >= 15 is 0 Å². The van der Waals surface area contributed by atoms with E-state index in [1.54, 1.807) is 62.5 Å². The molecule has 0 radical (unpaired) electrons. The first kappa shape index (κ1) is 31.5. The van der Waals surface area contributed by atoms with Crippen LogP contribution in [0.2, 0.25) is 0 Å². The van der Waals surface area contributed by atoms with Gasteiger partial charge in [-0.2, -0.15) is 0 Å². The molecule has 44 heavy (non-hydrogen) atoms. The maximum atomic E-state index is 14.0. The largest absolute Gasteiger partial charge is 0.444 e. The highest BCUT2D eigenvalue weighted by Gasteiger charge is 2.48. The second-order valence-corrected chi connectivity index (χ2v) is 13.4. The topological polar surface area (TPSA) is 89.8 Å². The second-order valence-electron chi connectivity index (χ2n) is 13.4. The van der Waals surface area contributed by atoms with Gasteiger partial charge < -0.3 is 14.4 Å². The third-order valence-corrected chi connectivity index (χ3v) is 8.40. The molecule has 2 atom stereocenters.